The number of nitrogens with zero attached hydrogens (tertiary/aromatic N) is 5. The summed E-state index contributed by atoms with van der Waals surface area (Å²) in [7, 11) is 0. The maximum atomic E-state index is 13.4. The third-order valence-corrected chi connectivity index (χ3v) is 4.97. The Bertz CT molecular complexity index is 1150. The number of aryl methyl sites for hydroxylation is 1. The van der Waals surface area contributed by atoms with Gasteiger partial charge < -0.3 is 9.26 Å². The second kappa shape index (κ2) is 7.21. The Labute approximate surface area is 166 Å². The zero-order chi connectivity index (χ0) is 19.8. The Kier molecular flexibility index (Phi) is 4.40. The zero-order valence-corrected chi connectivity index (χ0v) is 15.7. The van der Waals surface area contributed by atoms with Crippen molar-refractivity contribution in [3.63, 3.8) is 0 Å². The van der Waals surface area contributed by atoms with Crippen LogP contribution >= 0.6 is 0 Å². The van der Waals surface area contributed by atoms with Gasteiger partial charge in [0.05, 0.1) is 25.3 Å². The number of ether oxygens (including phenoxy) is 1. The lowest BCUT2D eigenvalue weighted by Crippen LogP contribution is -2.22. The van der Waals surface area contributed by atoms with Gasteiger partial charge in [0.15, 0.2) is 5.69 Å². The first kappa shape index (κ1) is 17.7. The Hall–Kier alpha value is -3.39. The first-order valence-electron chi connectivity index (χ1n) is 9.33. The number of benzene rings is 2. The minimum absolute atomic E-state index is 0.0774. The van der Waals surface area contributed by atoms with Crippen molar-refractivity contribution >= 4 is 0 Å². The molecule has 7 nitrogen and oxygen atoms in total. The lowest BCUT2D eigenvalue weighted by atomic mass is 10.1. The summed E-state index contributed by atoms with van der Waals surface area (Å²) in [4.78, 5) is 4.40. The lowest BCUT2D eigenvalue weighted by Gasteiger charge is -2.24. The maximum absolute atomic E-state index is 13.4. The van der Waals surface area contributed by atoms with E-state index >= 15 is 0 Å². The van der Waals surface area contributed by atoms with E-state index in [1.54, 1.807) is 6.07 Å². The van der Waals surface area contributed by atoms with Gasteiger partial charge in [-0.2, -0.15) is 4.98 Å². The summed E-state index contributed by atoms with van der Waals surface area (Å²) >= 11 is 0. The van der Waals surface area contributed by atoms with Crippen LogP contribution in [0.4, 0.5) is 4.39 Å². The van der Waals surface area contributed by atoms with E-state index in [4.69, 9.17) is 9.26 Å². The zero-order valence-electron chi connectivity index (χ0n) is 15.7. The number of aromatic nitrogens is 5. The van der Waals surface area contributed by atoms with Crippen LogP contribution in [0.15, 0.2) is 53.1 Å². The van der Waals surface area contributed by atoms with Crippen LogP contribution in [0.3, 0.4) is 0 Å². The van der Waals surface area contributed by atoms with E-state index in [-0.39, 0.29) is 11.9 Å². The van der Waals surface area contributed by atoms with Gasteiger partial charge in [0, 0.05) is 0 Å². The van der Waals surface area contributed by atoms with Gasteiger partial charge in [-0.3, -0.25) is 0 Å². The average Bonchev–Trinajstić information content (AvgIpc) is 3.34. The van der Waals surface area contributed by atoms with Crippen molar-refractivity contribution < 1.29 is 13.7 Å². The van der Waals surface area contributed by atoms with E-state index in [2.05, 4.69) is 51.6 Å². The Morgan fingerprint density at radius 1 is 1.17 bits per heavy atom. The summed E-state index contributed by atoms with van der Waals surface area (Å²) in [5, 5.41) is 12.5. The molecule has 2 aromatic carbocycles. The van der Waals surface area contributed by atoms with Crippen molar-refractivity contribution in [1.82, 2.24) is 25.1 Å². The van der Waals surface area contributed by atoms with Gasteiger partial charge >= 0.3 is 0 Å². The summed E-state index contributed by atoms with van der Waals surface area (Å²) in [5.41, 5.74) is 4.43. The van der Waals surface area contributed by atoms with Crippen molar-refractivity contribution in [1.29, 1.82) is 0 Å². The van der Waals surface area contributed by atoms with Crippen LogP contribution < -0.4 is 0 Å². The number of hydrogen-bond donors (Lipinski definition) is 0. The van der Waals surface area contributed by atoms with E-state index in [1.165, 1.54) is 17.7 Å². The minimum atomic E-state index is -0.296. The van der Waals surface area contributed by atoms with Gasteiger partial charge in [-0.05, 0) is 30.2 Å². The maximum Gasteiger partial charge on any atom is 0.231 e. The standard InChI is InChI=1S/C21H18FN5O2/c1-13-5-7-15(8-6-13)18-11-27-17(12-28-18)20(24-26-27)21-23-19(29-25-21)10-14-3-2-4-16(22)9-14/h2-9,18H,10-12H2,1H3/t18-/m0/s1. The molecule has 2 aromatic heterocycles. The fourth-order valence-electron chi connectivity index (χ4n) is 3.41. The Balaban J connectivity index is 1.35. The van der Waals surface area contributed by atoms with Gasteiger partial charge in [-0.25, -0.2) is 9.07 Å². The van der Waals surface area contributed by atoms with Crippen LogP contribution in [0.1, 0.15) is 34.4 Å². The van der Waals surface area contributed by atoms with Gasteiger partial charge in [-0.15, -0.1) is 5.10 Å². The Morgan fingerprint density at radius 3 is 2.86 bits per heavy atom. The van der Waals surface area contributed by atoms with Crippen molar-refractivity contribution in [3.8, 4) is 11.5 Å². The quantitative estimate of drug-likeness (QED) is 0.529. The molecule has 5 rings (SSSR count). The van der Waals surface area contributed by atoms with Crippen LogP contribution in [0, 0.1) is 12.7 Å². The second-order valence-corrected chi connectivity index (χ2v) is 7.10. The van der Waals surface area contributed by atoms with E-state index in [0.717, 1.165) is 16.8 Å². The topological polar surface area (TPSA) is 78.9 Å². The summed E-state index contributed by atoms with van der Waals surface area (Å²) in [6.07, 6.45) is 0.270. The molecular weight excluding hydrogens is 373 g/mol. The lowest BCUT2D eigenvalue weighted by molar-refractivity contribution is -0.00112. The number of hydrogen-bond acceptors (Lipinski definition) is 6. The minimum Gasteiger partial charge on any atom is -0.365 e. The molecule has 1 atom stereocenters. The third-order valence-electron chi connectivity index (χ3n) is 4.97. The molecule has 146 valence electrons. The summed E-state index contributed by atoms with van der Waals surface area (Å²) < 4.78 is 26.5. The molecule has 0 amide bonds. The molecule has 1 aliphatic rings. The summed E-state index contributed by atoms with van der Waals surface area (Å²) in [6, 6.07) is 14.6. The van der Waals surface area contributed by atoms with Gasteiger partial charge in [0.1, 0.15) is 11.9 Å². The van der Waals surface area contributed by atoms with Gasteiger partial charge in [0.25, 0.3) is 0 Å². The third kappa shape index (κ3) is 3.54. The highest BCUT2D eigenvalue weighted by molar-refractivity contribution is 5.51. The van der Waals surface area contributed by atoms with Crippen LogP contribution in [0.2, 0.25) is 0 Å². The molecule has 0 radical (unpaired) electrons. The monoisotopic (exact) mass is 391 g/mol. The smallest absolute Gasteiger partial charge is 0.231 e. The highest BCUT2D eigenvalue weighted by Crippen LogP contribution is 2.30. The molecule has 0 unspecified atom stereocenters. The van der Waals surface area contributed by atoms with Crippen LogP contribution in [0.25, 0.3) is 11.5 Å². The van der Waals surface area contributed by atoms with Crippen molar-refractivity contribution in [2.24, 2.45) is 0 Å². The second-order valence-electron chi connectivity index (χ2n) is 7.10. The number of fused-ring (bicyclic) bond motifs is 1. The first-order chi connectivity index (χ1) is 14.2. The molecule has 0 spiro atoms. The molecule has 0 N–H and O–H groups in total. The predicted molar refractivity (Wildman–Crippen MR) is 101 cm³/mol. The molecule has 0 saturated heterocycles. The van der Waals surface area contributed by atoms with Gasteiger partial charge in [-0.1, -0.05) is 52.3 Å². The molecule has 8 heteroatoms. The molecule has 1 aliphatic heterocycles. The van der Waals surface area contributed by atoms with Crippen molar-refractivity contribution in [3.05, 3.63) is 82.6 Å². The molecular formula is C21H18FN5O2. The molecule has 3 heterocycles. The normalized spacial score (nSPS) is 16.0. The predicted octanol–water partition coefficient (Wildman–Crippen LogP) is 3.64. The number of rotatable bonds is 4. The van der Waals surface area contributed by atoms with Crippen LogP contribution in [-0.2, 0) is 24.3 Å². The van der Waals surface area contributed by atoms with Crippen molar-refractivity contribution in [2.45, 2.75) is 32.6 Å². The molecule has 0 aliphatic carbocycles. The van der Waals surface area contributed by atoms with Crippen LogP contribution in [-0.4, -0.2) is 25.1 Å². The molecule has 0 bridgehead atoms. The highest BCUT2D eigenvalue weighted by Gasteiger charge is 2.27. The SMILES string of the molecule is Cc1ccc([C@@H]2Cn3nnc(-c4noc(Cc5cccc(F)c5)n4)c3CO2)cc1. The number of halogens is 1. The highest BCUT2D eigenvalue weighted by atomic mass is 19.1. The first-order valence-corrected chi connectivity index (χ1v) is 9.33. The molecule has 4 aromatic rings. The summed E-state index contributed by atoms with van der Waals surface area (Å²) in [6.45, 7) is 2.98. The fraction of sp³-hybridized carbons (Fsp3) is 0.238. The molecule has 0 saturated carbocycles. The Morgan fingerprint density at radius 2 is 2.03 bits per heavy atom. The van der Waals surface area contributed by atoms with Crippen molar-refractivity contribution in [2.75, 3.05) is 0 Å². The van der Waals surface area contributed by atoms with E-state index in [0.29, 0.717) is 37.0 Å². The molecule has 29 heavy (non-hydrogen) atoms. The van der Waals surface area contributed by atoms with E-state index in [9.17, 15) is 4.39 Å². The average molecular weight is 391 g/mol. The van der Waals surface area contributed by atoms with Crippen LogP contribution in [0.5, 0.6) is 0 Å². The fourth-order valence-corrected chi connectivity index (χ4v) is 3.41. The van der Waals surface area contributed by atoms with E-state index < -0.39 is 0 Å². The molecule has 0 fully saturated rings. The van der Waals surface area contributed by atoms with Gasteiger partial charge in [0.2, 0.25) is 11.7 Å². The summed E-state index contributed by atoms with van der Waals surface area (Å²) in [5.74, 6) is 0.450. The largest absolute Gasteiger partial charge is 0.365 e. The van der Waals surface area contributed by atoms with E-state index in [1.807, 2.05) is 10.7 Å².